The lowest BCUT2D eigenvalue weighted by Gasteiger charge is -2.57. The molecule has 1 fully saturated rings. The van der Waals surface area contributed by atoms with Crippen molar-refractivity contribution in [1.29, 1.82) is 0 Å². The van der Waals surface area contributed by atoms with E-state index in [9.17, 15) is 4.79 Å². The normalized spacial score (nSPS) is 24.6. The van der Waals surface area contributed by atoms with Gasteiger partial charge in [-0.15, -0.1) is 0 Å². The molecule has 2 unspecified atom stereocenters. The number of carbonyl (C=O) groups excluding carboxylic acids is 1. The van der Waals surface area contributed by atoms with E-state index in [1.807, 2.05) is 32.9 Å². The first kappa shape index (κ1) is 20.9. The van der Waals surface area contributed by atoms with Gasteiger partial charge in [-0.1, -0.05) is 38.1 Å². The maximum Gasteiger partial charge on any atom is 0.241 e. The standard InChI is InChI=1S/C21H35N3O2/c1-7-26-18-12-21(22,20(18,4)5)19(25)23-13-16-9-8-10-17(11-16)14-24(6)15(2)3/h8-11,15,18H,7,12-14,22H2,1-6H3,(H,23,25). The Bertz CT molecular complexity index is 629. The van der Waals surface area contributed by atoms with Crippen molar-refractivity contribution < 1.29 is 9.53 Å². The lowest BCUT2D eigenvalue weighted by molar-refractivity contribution is -0.170. The van der Waals surface area contributed by atoms with Crippen molar-refractivity contribution in [2.45, 2.75) is 71.8 Å². The van der Waals surface area contributed by atoms with Crippen LogP contribution in [0.1, 0.15) is 52.2 Å². The zero-order valence-electron chi connectivity index (χ0n) is 17.1. The lowest BCUT2D eigenvalue weighted by Crippen LogP contribution is -2.75. The topological polar surface area (TPSA) is 67.6 Å². The number of rotatable bonds is 8. The molecule has 1 aliphatic rings. The molecule has 0 bridgehead atoms. The van der Waals surface area contributed by atoms with E-state index in [-0.39, 0.29) is 17.4 Å². The van der Waals surface area contributed by atoms with Gasteiger partial charge in [0.1, 0.15) is 5.54 Å². The third kappa shape index (κ3) is 4.11. The smallest absolute Gasteiger partial charge is 0.241 e. The van der Waals surface area contributed by atoms with E-state index in [0.29, 0.717) is 25.6 Å². The van der Waals surface area contributed by atoms with Crippen molar-refractivity contribution in [3.8, 4) is 0 Å². The van der Waals surface area contributed by atoms with Gasteiger partial charge in [0, 0.05) is 37.6 Å². The van der Waals surface area contributed by atoms with E-state index in [2.05, 4.69) is 43.2 Å². The molecule has 1 saturated carbocycles. The largest absolute Gasteiger partial charge is 0.378 e. The monoisotopic (exact) mass is 361 g/mol. The van der Waals surface area contributed by atoms with Gasteiger partial charge in [-0.3, -0.25) is 9.69 Å². The Morgan fingerprint density at radius 1 is 1.38 bits per heavy atom. The predicted molar refractivity (Wildman–Crippen MR) is 106 cm³/mol. The summed E-state index contributed by atoms with van der Waals surface area (Å²) in [5.74, 6) is -0.0943. The number of ether oxygens (including phenoxy) is 1. The lowest BCUT2D eigenvalue weighted by atomic mass is 9.54. The van der Waals surface area contributed by atoms with E-state index in [1.165, 1.54) is 5.56 Å². The molecular weight excluding hydrogens is 326 g/mol. The first-order valence-electron chi connectivity index (χ1n) is 9.58. The van der Waals surface area contributed by atoms with E-state index in [0.717, 1.165) is 12.1 Å². The molecule has 0 aromatic heterocycles. The summed E-state index contributed by atoms with van der Waals surface area (Å²) in [5.41, 5.74) is 7.54. The molecule has 2 atom stereocenters. The molecule has 0 saturated heterocycles. The summed E-state index contributed by atoms with van der Waals surface area (Å²) in [7, 11) is 2.12. The van der Waals surface area contributed by atoms with Crippen LogP contribution in [0.5, 0.6) is 0 Å². The van der Waals surface area contributed by atoms with Gasteiger partial charge in [-0.25, -0.2) is 0 Å². The van der Waals surface area contributed by atoms with Crippen LogP contribution >= 0.6 is 0 Å². The van der Waals surface area contributed by atoms with Gasteiger partial charge in [0.2, 0.25) is 5.91 Å². The average Bonchev–Trinajstić information content (AvgIpc) is 2.59. The van der Waals surface area contributed by atoms with Crippen LogP contribution in [-0.2, 0) is 22.6 Å². The van der Waals surface area contributed by atoms with Gasteiger partial charge in [0.15, 0.2) is 0 Å². The fourth-order valence-electron chi connectivity index (χ4n) is 3.47. The Hall–Kier alpha value is -1.43. The van der Waals surface area contributed by atoms with Crippen molar-refractivity contribution in [1.82, 2.24) is 10.2 Å². The van der Waals surface area contributed by atoms with Gasteiger partial charge < -0.3 is 15.8 Å². The van der Waals surface area contributed by atoms with Crippen LogP contribution in [0.4, 0.5) is 0 Å². The van der Waals surface area contributed by atoms with E-state index >= 15 is 0 Å². The van der Waals surface area contributed by atoms with Gasteiger partial charge in [0.25, 0.3) is 0 Å². The molecule has 26 heavy (non-hydrogen) atoms. The van der Waals surface area contributed by atoms with E-state index in [1.54, 1.807) is 0 Å². The van der Waals surface area contributed by atoms with Crippen molar-refractivity contribution in [2.24, 2.45) is 11.1 Å². The number of hydrogen-bond acceptors (Lipinski definition) is 4. The van der Waals surface area contributed by atoms with E-state index in [4.69, 9.17) is 10.5 Å². The molecule has 0 heterocycles. The SMILES string of the molecule is CCOC1CC(N)(C(=O)NCc2cccc(CN(C)C(C)C)c2)C1(C)C. The fraction of sp³-hybridized carbons (Fsp3) is 0.667. The maximum atomic E-state index is 12.7. The van der Waals surface area contributed by atoms with Gasteiger partial charge in [-0.05, 0) is 38.9 Å². The second-order valence-corrected chi connectivity index (χ2v) is 8.35. The summed E-state index contributed by atoms with van der Waals surface area (Å²) < 4.78 is 5.71. The summed E-state index contributed by atoms with van der Waals surface area (Å²) in [6.45, 7) is 12.4. The summed E-state index contributed by atoms with van der Waals surface area (Å²) in [6, 6.07) is 8.85. The van der Waals surface area contributed by atoms with Crippen molar-refractivity contribution in [3.05, 3.63) is 35.4 Å². The molecule has 1 aromatic carbocycles. The highest BCUT2D eigenvalue weighted by Gasteiger charge is 2.62. The number of carbonyl (C=O) groups is 1. The highest BCUT2D eigenvalue weighted by Crippen LogP contribution is 2.49. The number of benzene rings is 1. The number of nitrogens with two attached hydrogens (primary N) is 1. The minimum Gasteiger partial charge on any atom is -0.378 e. The predicted octanol–water partition coefficient (Wildman–Crippen LogP) is 2.68. The van der Waals surface area contributed by atoms with Crippen LogP contribution in [0.2, 0.25) is 0 Å². The van der Waals surface area contributed by atoms with Crippen LogP contribution in [-0.4, -0.2) is 42.1 Å². The summed E-state index contributed by atoms with van der Waals surface area (Å²) in [5, 5.41) is 3.03. The first-order chi connectivity index (χ1) is 12.1. The van der Waals surface area contributed by atoms with Crippen molar-refractivity contribution in [3.63, 3.8) is 0 Å². The molecule has 1 aromatic rings. The van der Waals surface area contributed by atoms with Crippen LogP contribution in [0.25, 0.3) is 0 Å². The average molecular weight is 362 g/mol. The number of hydrogen-bond donors (Lipinski definition) is 2. The summed E-state index contributed by atoms with van der Waals surface area (Å²) in [6.07, 6.45) is 0.608. The molecular formula is C21H35N3O2. The number of amides is 1. The number of nitrogens with zero attached hydrogens (tertiary/aromatic N) is 1. The zero-order valence-corrected chi connectivity index (χ0v) is 17.1. The Balaban J connectivity index is 1.96. The Kier molecular flexibility index (Phi) is 6.48. The van der Waals surface area contributed by atoms with Crippen molar-refractivity contribution >= 4 is 5.91 Å². The highest BCUT2D eigenvalue weighted by molar-refractivity contribution is 5.88. The Morgan fingerprint density at radius 3 is 2.62 bits per heavy atom. The van der Waals surface area contributed by atoms with Gasteiger partial charge >= 0.3 is 0 Å². The third-order valence-corrected chi connectivity index (χ3v) is 5.99. The second-order valence-electron chi connectivity index (χ2n) is 8.35. The minimum atomic E-state index is -0.873. The summed E-state index contributed by atoms with van der Waals surface area (Å²) in [4.78, 5) is 15.0. The van der Waals surface area contributed by atoms with Gasteiger partial charge in [0.05, 0.1) is 6.10 Å². The molecule has 0 radical (unpaired) electrons. The van der Waals surface area contributed by atoms with Crippen LogP contribution in [0.3, 0.4) is 0 Å². The molecule has 3 N–H and O–H groups in total. The molecule has 1 amide bonds. The molecule has 5 nitrogen and oxygen atoms in total. The maximum absolute atomic E-state index is 12.7. The van der Waals surface area contributed by atoms with Crippen LogP contribution in [0, 0.1) is 5.41 Å². The molecule has 2 rings (SSSR count). The van der Waals surface area contributed by atoms with Gasteiger partial charge in [-0.2, -0.15) is 0 Å². The molecule has 0 spiro atoms. The van der Waals surface area contributed by atoms with Crippen LogP contribution < -0.4 is 11.1 Å². The fourth-order valence-corrected chi connectivity index (χ4v) is 3.47. The highest BCUT2D eigenvalue weighted by atomic mass is 16.5. The van der Waals surface area contributed by atoms with Crippen molar-refractivity contribution in [2.75, 3.05) is 13.7 Å². The second kappa shape index (κ2) is 8.07. The quantitative estimate of drug-likeness (QED) is 0.747. The van der Waals surface area contributed by atoms with E-state index < -0.39 is 5.54 Å². The molecule has 5 heteroatoms. The molecule has 146 valence electrons. The first-order valence-corrected chi connectivity index (χ1v) is 9.58. The Labute approximate surface area is 158 Å². The molecule has 0 aliphatic heterocycles. The third-order valence-electron chi connectivity index (χ3n) is 5.99. The number of nitrogens with one attached hydrogen (secondary N) is 1. The molecule has 1 aliphatic carbocycles. The van der Waals surface area contributed by atoms with Crippen LogP contribution in [0.15, 0.2) is 24.3 Å². The Morgan fingerprint density at radius 2 is 2.04 bits per heavy atom. The summed E-state index contributed by atoms with van der Waals surface area (Å²) >= 11 is 0. The zero-order chi connectivity index (χ0) is 19.5. The minimum absolute atomic E-state index is 0.0400.